The zero-order valence-electron chi connectivity index (χ0n) is 19.2. The molecule has 0 N–H and O–H groups in total. The van der Waals surface area contributed by atoms with Crippen LogP contribution < -0.4 is 4.90 Å². The number of rotatable bonds is 4. The van der Waals surface area contributed by atoms with Crippen molar-refractivity contribution in [2.24, 2.45) is 0 Å². The highest BCUT2D eigenvalue weighted by molar-refractivity contribution is 7.89. The predicted octanol–water partition coefficient (Wildman–Crippen LogP) is 3.84. The van der Waals surface area contributed by atoms with Crippen molar-refractivity contribution in [2.75, 3.05) is 24.5 Å². The predicted molar refractivity (Wildman–Crippen MR) is 136 cm³/mol. The van der Waals surface area contributed by atoms with E-state index < -0.39 is 10.0 Å². The highest BCUT2D eigenvalue weighted by Gasteiger charge is 2.35. The molecule has 0 saturated carbocycles. The van der Waals surface area contributed by atoms with Crippen LogP contribution in [0.3, 0.4) is 0 Å². The molecule has 1 atom stereocenters. The minimum atomic E-state index is -3.58. The number of fused-ring (bicyclic) bond motifs is 3. The molecule has 176 valence electrons. The summed E-state index contributed by atoms with van der Waals surface area (Å²) in [5.74, 6) is 1.42. The van der Waals surface area contributed by atoms with Crippen molar-refractivity contribution in [2.45, 2.75) is 17.9 Å². The highest BCUT2D eigenvalue weighted by Crippen LogP contribution is 2.30. The topological polar surface area (TPSA) is 83.7 Å². The van der Waals surface area contributed by atoms with Crippen LogP contribution in [-0.2, 0) is 10.0 Å². The van der Waals surface area contributed by atoms with Crippen LogP contribution in [0, 0.1) is 0 Å². The number of sulfonamides is 1. The van der Waals surface area contributed by atoms with Crippen molar-refractivity contribution in [1.29, 1.82) is 0 Å². The molecule has 6 rings (SSSR count). The Kier molecular flexibility index (Phi) is 5.23. The van der Waals surface area contributed by atoms with Crippen LogP contribution in [0.1, 0.15) is 6.92 Å². The molecule has 0 amide bonds. The molecular formula is C26H24N6O2S. The number of hydrogen-bond acceptors (Lipinski definition) is 6. The maximum absolute atomic E-state index is 13.3. The molecule has 35 heavy (non-hydrogen) atoms. The van der Waals surface area contributed by atoms with E-state index >= 15 is 0 Å². The Labute approximate surface area is 203 Å². The molecule has 1 aliphatic heterocycles. The summed E-state index contributed by atoms with van der Waals surface area (Å²) in [5, 5.41) is 9.98. The molecule has 2 aromatic heterocycles. The van der Waals surface area contributed by atoms with Gasteiger partial charge < -0.3 is 4.90 Å². The second kappa shape index (κ2) is 8.44. The smallest absolute Gasteiger partial charge is 0.243 e. The van der Waals surface area contributed by atoms with Crippen LogP contribution in [0.25, 0.3) is 27.9 Å². The van der Waals surface area contributed by atoms with Gasteiger partial charge in [-0.15, -0.1) is 10.2 Å². The fourth-order valence-electron chi connectivity index (χ4n) is 4.76. The van der Waals surface area contributed by atoms with Gasteiger partial charge in [-0.05, 0) is 31.2 Å². The van der Waals surface area contributed by atoms with E-state index in [1.807, 2.05) is 72.0 Å². The number of anilines is 1. The summed E-state index contributed by atoms with van der Waals surface area (Å²) in [6.07, 6.45) is 0. The first-order valence-corrected chi connectivity index (χ1v) is 13.0. The summed E-state index contributed by atoms with van der Waals surface area (Å²) < 4.78 is 30.2. The normalized spacial score (nSPS) is 17.3. The Morgan fingerprint density at radius 1 is 0.829 bits per heavy atom. The molecule has 0 aliphatic carbocycles. The lowest BCUT2D eigenvalue weighted by Crippen LogP contribution is -2.54. The Hall–Kier alpha value is -3.82. The minimum absolute atomic E-state index is 0.242. The number of para-hydroxylation sites is 1. The second-order valence-corrected chi connectivity index (χ2v) is 10.6. The third kappa shape index (κ3) is 3.64. The van der Waals surface area contributed by atoms with Crippen LogP contribution in [0.4, 0.5) is 5.95 Å². The second-order valence-electron chi connectivity index (χ2n) is 8.70. The Bertz CT molecular complexity index is 1620. The first-order valence-electron chi connectivity index (χ1n) is 11.6. The van der Waals surface area contributed by atoms with Gasteiger partial charge >= 0.3 is 0 Å². The molecule has 1 aliphatic rings. The number of piperazine rings is 1. The summed E-state index contributed by atoms with van der Waals surface area (Å²) in [5.41, 5.74) is 2.50. The van der Waals surface area contributed by atoms with E-state index in [0.717, 1.165) is 22.1 Å². The molecular weight excluding hydrogens is 460 g/mol. The maximum Gasteiger partial charge on any atom is 0.243 e. The molecule has 1 saturated heterocycles. The average Bonchev–Trinajstić information content (AvgIpc) is 3.35. The van der Waals surface area contributed by atoms with Gasteiger partial charge in [0, 0.05) is 36.6 Å². The largest absolute Gasteiger partial charge is 0.339 e. The van der Waals surface area contributed by atoms with Crippen molar-refractivity contribution in [1.82, 2.24) is 23.9 Å². The van der Waals surface area contributed by atoms with Gasteiger partial charge in [0.25, 0.3) is 0 Å². The highest BCUT2D eigenvalue weighted by atomic mass is 32.2. The maximum atomic E-state index is 13.3. The fourth-order valence-corrected chi connectivity index (χ4v) is 6.39. The SMILES string of the molecule is C[C@H]1CN(c2nc3ccccc3c3nnc(-c4ccccc4)n23)CCN1S(=O)(=O)c1ccccc1. The van der Waals surface area contributed by atoms with E-state index in [1.54, 1.807) is 28.6 Å². The lowest BCUT2D eigenvalue weighted by Gasteiger charge is -2.39. The van der Waals surface area contributed by atoms with Crippen LogP contribution in [0.5, 0.6) is 0 Å². The van der Waals surface area contributed by atoms with Gasteiger partial charge in [0.05, 0.1) is 10.4 Å². The summed E-state index contributed by atoms with van der Waals surface area (Å²) >= 11 is 0. The van der Waals surface area contributed by atoms with Gasteiger partial charge in [0.1, 0.15) is 0 Å². The molecule has 3 aromatic carbocycles. The molecule has 8 nitrogen and oxygen atoms in total. The fraction of sp³-hybridized carbons (Fsp3) is 0.192. The standard InChI is InChI=1S/C26H24N6O2S/c1-19-18-30(16-17-31(19)35(33,34)21-12-6-3-7-13-21)26-27-23-15-9-8-14-22(23)25-29-28-24(32(25)26)20-10-4-2-5-11-20/h2-15,19H,16-18H2,1H3/t19-/m0/s1. The molecule has 0 spiro atoms. The lowest BCUT2D eigenvalue weighted by molar-refractivity contribution is 0.304. The van der Waals surface area contributed by atoms with E-state index in [4.69, 9.17) is 4.98 Å². The van der Waals surface area contributed by atoms with Crippen LogP contribution >= 0.6 is 0 Å². The minimum Gasteiger partial charge on any atom is -0.339 e. The van der Waals surface area contributed by atoms with E-state index in [-0.39, 0.29) is 6.04 Å². The lowest BCUT2D eigenvalue weighted by atomic mass is 10.2. The summed E-state index contributed by atoms with van der Waals surface area (Å²) in [7, 11) is -3.58. The molecule has 3 heterocycles. The summed E-state index contributed by atoms with van der Waals surface area (Å²) in [6.45, 7) is 3.30. The van der Waals surface area contributed by atoms with Crippen LogP contribution in [-0.4, -0.2) is 58.0 Å². The molecule has 0 unspecified atom stereocenters. The van der Waals surface area contributed by atoms with Crippen molar-refractivity contribution >= 4 is 32.5 Å². The van der Waals surface area contributed by atoms with Crippen molar-refractivity contribution in [3.05, 3.63) is 84.9 Å². The first kappa shape index (κ1) is 21.7. The van der Waals surface area contributed by atoms with Crippen molar-refractivity contribution in [3.63, 3.8) is 0 Å². The van der Waals surface area contributed by atoms with Gasteiger partial charge in [-0.1, -0.05) is 60.7 Å². The van der Waals surface area contributed by atoms with E-state index in [0.29, 0.717) is 36.3 Å². The Morgan fingerprint density at radius 3 is 2.26 bits per heavy atom. The molecule has 0 radical (unpaired) electrons. The van der Waals surface area contributed by atoms with Crippen LogP contribution in [0.2, 0.25) is 0 Å². The molecule has 5 aromatic rings. The van der Waals surface area contributed by atoms with Gasteiger partial charge in [-0.2, -0.15) is 4.31 Å². The third-order valence-corrected chi connectivity index (χ3v) is 8.49. The number of aromatic nitrogens is 4. The Balaban J connectivity index is 1.44. The number of benzene rings is 3. The van der Waals surface area contributed by atoms with Gasteiger partial charge in [0.15, 0.2) is 11.5 Å². The zero-order valence-corrected chi connectivity index (χ0v) is 20.0. The zero-order chi connectivity index (χ0) is 24.0. The van der Waals surface area contributed by atoms with Crippen LogP contribution in [0.15, 0.2) is 89.8 Å². The quantitative estimate of drug-likeness (QED) is 0.385. The summed E-state index contributed by atoms with van der Waals surface area (Å²) in [6, 6.07) is 26.2. The molecule has 0 bridgehead atoms. The monoisotopic (exact) mass is 484 g/mol. The van der Waals surface area contributed by atoms with Gasteiger partial charge in [-0.25, -0.2) is 17.8 Å². The van der Waals surface area contributed by atoms with E-state index in [1.165, 1.54) is 0 Å². The van der Waals surface area contributed by atoms with Crippen molar-refractivity contribution in [3.8, 4) is 11.4 Å². The van der Waals surface area contributed by atoms with Gasteiger partial charge in [-0.3, -0.25) is 0 Å². The molecule has 9 heteroatoms. The average molecular weight is 485 g/mol. The number of hydrogen-bond donors (Lipinski definition) is 0. The van der Waals surface area contributed by atoms with E-state index in [2.05, 4.69) is 15.1 Å². The first-order chi connectivity index (χ1) is 17.0. The number of nitrogens with zero attached hydrogens (tertiary/aromatic N) is 6. The van der Waals surface area contributed by atoms with Gasteiger partial charge in [0.2, 0.25) is 16.0 Å². The molecule has 1 fully saturated rings. The third-order valence-electron chi connectivity index (χ3n) is 6.46. The summed E-state index contributed by atoms with van der Waals surface area (Å²) in [4.78, 5) is 7.46. The Morgan fingerprint density at radius 2 is 1.51 bits per heavy atom. The van der Waals surface area contributed by atoms with E-state index in [9.17, 15) is 8.42 Å². The van der Waals surface area contributed by atoms with Crippen molar-refractivity contribution < 1.29 is 8.42 Å².